The molecule has 0 spiro atoms. The van der Waals surface area contributed by atoms with Gasteiger partial charge in [0.05, 0.1) is 33.0 Å². The van der Waals surface area contributed by atoms with Crippen molar-refractivity contribution in [1.29, 1.82) is 0 Å². The summed E-state index contributed by atoms with van der Waals surface area (Å²) >= 11 is 0. The molecule has 0 unspecified atom stereocenters. The molecule has 48 heavy (non-hydrogen) atoms. The first kappa shape index (κ1) is 33.7. The zero-order valence-corrected chi connectivity index (χ0v) is 28.0. The fourth-order valence-corrected chi connectivity index (χ4v) is 6.76. The summed E-state index contributed by atoms with van der Waals surface area (Å²) in [5, 5.41) is 0. The quantitative estimate of drug-likeness (QED) is 0.233. The summed E-state index contributed by atoms with van der Waals surface area (Å²) in [6, 6.07) is 30.1. The van der Waals surface area contributed by atoms with Crippen LogP contribution in [0.4, 0.5) is 0 Å². The van der Waals surface area contributed by atoms with Crippen LogP contribution in [-0.4, -0.2) is 80.1 Å². The molecule has 0 aromatic heterocycles. The molecule has 4 aliphatic heterocycles. The molecule has 4 aliphatic rings. The molecule has 10 heteroatoms. The molecule has 9 atom stereocenters. The van der Waals surface area contributed by atoms with Crippen molar-refractivity contribution in [3.63, 3.8) is 0 Å². The Kier molecular flexibility index (Phi) is 10.3. The van der Waals surface area contributed by atoms with E-state index in [1.807, 2.05) is 119 Å². The van der Waals surface area contributed by atoms with Crippen molar-refractivity contribution >= 4 is 0 Å². The summed E-state index contributed by atoms with van der Waals surface area (Å²) in [5.74, 6) is -1.63. The van der Waals surface area contributed by atoms with E-state index in [9.17, 15) is 0 Å². The number of fused-ring (bicyclic) bond motifs is 3. The SMILES string of the molecule is CC1(C)O[C@H]2[C@@H](O1)[C@@H](CO[C@H]1O[C@H](COCc3ccccc3)[C@@H](OCc3ccccc3)[C@H]1OCc1ccccc1)O[C@@H]1OC(C)(C)O[C@@H]12. The molecule has 258 valence electrons. The van der Waals surface area contributed by atoms with Gasteiger partial charge >= 0.3 is 0 Å². The number of hydrogen-bond donors (Lipinski definition) is 0. The van der Waals surface area contributed by atoms with Gasteiger partial charge in [-0.25, -0.2) is 0 Å². The zero-order valence-electron chi connectivity index (χ0n) is 28.0. The lowest BCUT2D eigenvalue weighted by Crippen LogP contribution is -2.56. The van der Waals surface area contributed by atoms with Gasteiger partial charge in [0.1, 0.15) is 42.7 Å². The summed E-state index contributed by atoms with van der Waals surface area (Å²) in [7, 11) is 0. The Morgan fingerprint density at radius 1 is 0.500 bits per heavy atom. The van der Waals surface area contributed by atoms with Crippen LogP contribution in [0.5, 0.6) is 0 Å². The third-order valence-electron chi connectivity index (χ3n) is 8.91. The Morgan fingerprint density at radius 3 is 1.65 bits per heavy atom. The van der Waals surface area contributed by atoms with E-state index >= 15 is 0 Å². The minimum Gasteiger partial charge on any atom is -0.374 e. The predicted octanol–water partition coefficient (Wildman–Crippen LogP) is 5.51. The Hall–Kier alpha value is -2.74. The monoisotopic (exact) mass is 662 g/mol. The van der Waals surface area contributed by atoms with E-state index in [2.05, 4.69) is 0 Å². The molecule has 4 fully saturated rings. The van der Waals surface area contributed by atoms with Crippen molar-refractivity contribution in [3.8, 4) is 0 Å². The molecule has 0 aliphatic carbocycles. The largest absolute Gasteiger partial charge is 0.374 e. The number of rotatable bonds is 13. The van der Waals surface area contributed by atoms with Crippen molar-refractivity contribution in [2.75, 3.05) is 13.2 Å². The van der Waals surface area contributed by atoms with Gasteiger partial charge in [-0.05, 0) is 44.4 Å². The van der Waals surface area contributed by atoms with E-state index in [-0.39, 0.29) is 12.7 Å². The van der Waals surface area contributed by atoms with Crippen LogP contribution in [0, 0.1) is 0 Å². The highest BCUT2D eigenvalue weighted by atomic mass is 16.9. The van der Waals surface area contributed by atoms with Crippen LogP contribution in [0.15, 0.2) is 91.0 Å². The molecule has 0 bridgehead atoms. The van der Waals surface area contributed by atoms with Gasteiger partial charge in [0, 0.05) is 0 Å². The van der Waals surface area contributed by atoms with E-state index in [1.165, 1.54) is 0 Å². The average Bonchev–Trinajstić information content (AvgIpc) is 3.71. The fraction of sp³-hybridized carbons (Fsp3) is 0.526. The highest BCUT2D eigenvalue weighted by molar-refractivity contribution is 5.15. The second kappa shape index (κ2) is 14.6. The Bertz CT molecular complexity index is 1440. The van der Waals surface area contributed by atoms with Crippen LogP contribution in [0.3, 0.4) is 0 Å². The van der Waals surface area contributed by atoms with Gasteiger partial charge in [0.15, 0.2) is 24.2 Å². The molecule has 3 aromatic rings. The maximum atomic E-state index is 6.58. The first-order valence-electron chi connectivity index (χ1n) is 16.8. The van der Waals surface area contributed by atoms with Crippen LogP contribution >= 0.6 is 0 Å². The maximum absolute atomic E-state index is 6.58. The lowest BCUT2D eigenvalue weighted by atomic mass is 9.99. The highest BCUT2D eigenvalue weighted by Crippen LogP contribution is 2.44. The van der Waals surface area contributed by atoms with Gasteiger partial charge in [-0.3, -0.25) is 0 Å². The minimum atomic E-state index is -0.815. The van der Waals surface area contributed by atoms with E-state index in [4.69, 9.17) is 47.4 Å². The third kappa shape index (κ3) is 8.00. The summed E-state index contributed by atoms with van der Waals surface area (Å²) in [5.41, 5.74) is 3.16. The van der Waals surface area contributed by atoms with E-state index in [1.54, 1.807) is 0 Å². The Morgan fingerprint density at radius 2 is 1.02 bits per heavy atom. The highest BCUT2D eigenvalue weighted by Gasteiger charge is 2.61. The Labute approximate surface area is 282 Å². The van der Waals surface area contributed by atoms with Crippen LogP contribution < -0.4 is 0 Å². The van der Waals surface area contributed by atoms with Crippen LogP contribution in [0.2, 0.25) is 0 Å². The van der Waals surface area contributed by atoms with Crippen molar-refractivity contribution < 1.29 is 47.4 Å². The molecule has 4 heterocycles. The second-order valence-corrected chi connectivity index (χ2v) is 13.6. The van der Waals surface area contributed by atoms with Gasteiger partial charge < -0.3 is 47.4 Å². The topological polar surface area (TPSA) is 92.3 Å². The van der Waals surface area contributed by atoms with Gasteiger partial charge in [0.25, 0.3) is 0 Å². The molecular weight excluding hydrogens is 616 g/mol. The molecule has 0 saturated carbocycles. The predicted molar refractivity (Wildman–Crippen MR) is 173 cm³/mol. The van der Waals surface area contributed by atoms with Gasteiger partial charge in [0.2, 0.25) is 0 Å². The lowest BCUT2D eigenvalue weighted by molar-refractivity contribution is -0.262. The lowest BCUT2D eigenvalue weighted by Gasteiger charge is -2.37. The molecule has 0 amide bonds. The molecular formula is C38H46O10. The maximum Gasteiger partial charge on any atom is 0.190 e. The first-order chi connectivity index (χ1) is 23.2. The minimum absolute atomic E-state index is 0.145. The molecule has 7 rings (SSSR count). The van der Waals surface area contributed by atoms with E-state index in [0.717, 1.165) is 16.7 Å². The van der Waals surface area contributed by atoms with E-state index < -0.39 is 60.8 Å². The Balaban J connectivity index is 1.09. The third-order valence-corrected chi connectivity index (χ3v) is 8.91. The fourth-order valence-electron chi connectivity index (χ4n) is 6.76. The van der Waals surface area contributed by atoms with Gasteiger partial charge in [-0.2, -0.15) is 0 Å². The summed E-state index contributed by atoms with van der Waals surface area (Å²) in [6.07, 6.45) is -4.63. The van der Waals surface area contributed by atoms with Crippen molar-refractivity contribution in [2.45, 2.75) is 114 Å². The van der Waals surface area contributed by atoms with Crippen LogP contribution in [0.25, 0.3) is 0 Å². The second-order valence-electron chi connectivity index (χ2n) is 13.6. The van der Waals surface area contributed by atoms with Gasteiger partial charge in [-0.1, -0.05) is 91.0 Å². The average molecular weight is 663 g/mol. The van der Waals surface area contributed by atoms with Crippen molar-refractivity contribution in [3.05, 3.63) is 108 Å². The summed E-state index contributed by atoms with van der Waals surface area (Å²) in [4.78, 5) is 0. The number of hydrogen-bond acceptors (Lipinski definition) is 10. The normalized spacial score (nSPS) is 33.4. The molecule has 0 radical (unpaired) electrons. The smallest absolute Gasteiger partial charge is 0.190 e. The number of benzene rings is 3. The molecule has 4 saturated heterocycles. The van der Waals surface area contributed by atoms with Crippen LogP contribution in [0.1, 0.15) is 44.4 Å². The number of ether oxygens (including phenoxy) is 10. The van der Waals surface area contributed by atoms with Crippen molar-refractivity contribution in [2.24, 2.45) is 0 Å². The summed E-state index contributed by atoms with van der Waals surface area (Å²) < 4.78 is 63.8. The molecule has 10 nitrogen and oxygen atoms in total. The van der Waals surface area contributed by atoms with Crippen LogP contribution in [-0.2, 0) is 67.2 Å². The van der Waals surface area contributed by atoms with E-state index in [0.29, 0.717) is 26.4 Å². The zero-order chi connectivity index (χ0) is 33.1. The standard InChI is InChI=1S/C38H46O10/c1-37(2)45-31-29(44-36-34(32(31)46-37)47-38(3,4)48-36)24-42-35-33(41-22-27-18-12-7-13-19-27)30(40-21-26-16-10-6-11-17-26)28(43-35)23-39-20-25-14-8-5-9-15-25/h5-19,28-36H,20-24H2,1-4H3/t28-,29-,30-,31+,32+,33-,34-,35+,36-/m1/s1. The van der Waals surface area contributed by atoms with Gasteiger partial charge in [-0.15, -0.1) is 0 Å². The van der Waals surface area contributed by atoms with Crippen molar-refractivity contribution in [1.82, 2.24) is 0 Å². The first-order valence-corrected chi connectivity index (χ1v) is 16.8. The molecule has 0 N–H and O–H groups in total. The summed E-state index contributed by atoms with van der Waals surface area (Å²) in [6.45, 7) is 9.14. The molecule has 3 aromatic carbocycles.